The molecule has 0 saturated carbocycles. The zero-order chi connectivity index (χ0) is 12.8. The Morgan fingerprint density at radius 1 is 1.33 bits per heavy atom. The van der Waals surface area contributed by atoms with Crippen LogP contribution < -0.4 is 5.32 Å². The quantitative estimate of drug-likeness (QED) is 0.780. The van der Waals surface area contributed by atoms with Crippen LogP contribution in [0.1, 0.15) is 6.92 Å². The van der Waals surface area contributed by atoms with E-state index < -0.39 is 0 Å². The molecule has 7 nitrogen and oxygen atoms in total. The Labute approximate surface area is 106 Å². The van der Waals surface area contributed by atoms with Crippen molar-refractivity contribution >= 4 is 5.95 Å². The standard InChI is InChI=1S/C11H18N6O/c1-10(9-18-2)14-11-12-3-5-16(11)7-8-17-6-4-13-15-17/h3-6,10H,7-9H2,1-2H3,(H,12,14). The molecule has 2 aromatic rings. The van der Waals surface area contributed by atoms with Gasteiger partial charge < -0.3 is 14.6 Å². The highest BCUT2D eigenvalue weighted by atomic mass is 16.5. The van der Waals surface area contributed by atoms with Crippen LogP contribution in [0.5, 0.6) is 0 Å². The van der Waals surface area contributed by atoms with Crippen LogP contribution in [0.25, 0.3) is 0 Å². The van der Waals surface area contributed by atoms with Crippen LogP contribution in [0.2, 0.25) is 0 Å². The highest BCUT2D eigenvalue weighted by Gasteiger charge is 2.06. The summed E-state index contributed by atoms with van der Waals surface area (Å²) in [5.41, 5.74) is 0. The third-order valence-electron chi connectivity index (χ3n) is 2.55. The predicted molar refractivity (Wildman–Crippen MR) is 67.2 cm³/mol. The molecular formula is C11H18N6O. The SMILES string of the molecule is COCC(C)Nc1nccn1CCn1ccnn1. The van der Waals surface area contributed by atoms with Gasteiger partial charge in [-0.1, -0.05) is 5.21 Å². The first kappa shape index (κ1) is 12.6. The number of nitrogens with one attached hydrogen (secondary N) is 1. The molecule has 0 aliphatic carbocycles. The normalized spacial score (nSPS) is 12.6. The number of anilines is 1. The molecule has 2 aromatic heterocycles. The van der Waals surface area contributed by atoms with E-state index in [1.807, 2.05) is 17.0 Å². The first-order valence-electron chi connectivity index (χ1n) is 5.90. The van der Waals surface area contributed by atoms with Crippen molar-refractivity contribution < 1.29 is 4.74 Å². The first-order valence-corrected chi connectivity index (χ1v) is 5.90. The van der Waals surface area contributed by atoms with Gasteiger partial charge in [0.15, 0.2) is 0 Å². The van der Waals surface area contributed by atoms with Gasteiger partial charge in [-0.2, -0.15) is 0 Å². The van der Waals surface area contributed by atoms with Crippen LogP contribution in [0.4, 0.5) is 5.95 Å². The van der Waals surface area contributed by atoms with Gasteiger partial charge in [0.25, 0.3) is 0 Å². The maximum Gasteiger partial charge on any atom is 0.203 e. The van der Waals surface area contributed by atoms with Gasteiger partial charge in [-0.15, -0.1) is 5.10 Å². The Hall–Kier alpha value is -1.89. The van der Waals surface area contributed by atoms with Crippen molar-refractivity contribution in [2.45, 2.75) is 26.1 Å². The second-order valence-corrected chi connectivity index (χ2v) is 4.11. The Bertz CT molecular complexity index is 452. The smallest absolute Gasteiger partial charge is 0.203 e. The zero-order valence-corrected chi connectivity index (χ0v) is 10.7. The molecule has 2 rings (SSSR count). The van der Waals surface area contributed by atoms with Crippen molar-refractivity contribution in [2.75, 3.05) is 19.0 Å². The number of imidazole rings is 1. The average Bonchev–Trinajstić information content (AvgIpc) is 2.97. The lowest BCUT2D eigenvalue weighted by Crippen LogP contribution is -2.23. The molecule has 0 spiro atoms. The van der Waals surface area contributed by atoms with E-state index in [4.69, 9.17) is 4.74 Å². The summed E-state index contributed by atoms with van der Waals surface area (Å²) in [5.74, 6) is 0.847. The Kier molecular flexibility index (Phi) is 4.30. The number of nitrogens with zero attached hydrogens (tertiary/aromatic N) is 5. The summed E-state index contributed by atoms with van der Waals surface area (Å²) < 4.78 is 8.93. The third kappa shape index (κ3) is 3.30. The number of hydrogen-bond acceptors (Lipinski definition) is 5. The molecule has 0 fully saturated rings. The monoisotopic (exact) mass is 250 g/mol. The summed E-state index contributed by atoms with van der Waals surface area (Å²) in [6.45, 7) is 4.27. The maximum absolute atomic E-state index is 5.09. The fraction of sp³-hybridized carbons (Fsp3) is 0.545. The number of rotatable bonds is 7. The summed E-state index contributed by atoms with van der Waals surface area (Å²) in [6.07, 6.45) is 7.24. The van der Waals surface area contributed by atoms with Gasteiger partial charge in [-0.25, -0.2) is 4.98 Å². The van der Waals surface area contributed by atoms with Gasteiger partial charge in [0.1, 0.15) is 0 Å². The Balaban J connectivity index is 1.91. The summed E-state index contributed by atoms with van der Waals surface area (Å²) in [6, 6.07) is 0.225. The maximum atomic E-state index is 5.09. The minimum Gasteiger partial charge on any atom is -0.383 e. The van der Waals surface area contributed by atoms with Gasteiger partial charge in [0.2, 0.25) is 5.95 Å². The number of aryl methyl sites for hydroxylation is 2. The van der Waals surface area contributed by atoms with E-state index in [2.05, 4.69) is 27.5 Å². The van der Waals surface area contributed by atoms with E-state index >= 15 is 0 Å². The van der Waals surface area contributed by atoms with Crippen molar-refractivity contribution in [3.8, 4) is 0 Å². The molecule has 1 N–H and O–H groups in total. The third-order valence-corrected chi connectivity index (χ3v) is 2.55. The Morgan fingerprint density at radius 3 is 2.94 bits per heavy atom. The van der Waals surface area contributed by atoms with Crippen molar-refractivity contribution in [3.63, 3.8) is 0 Å². The van der Waals surface area contributed by atoms with E-state index in [1.54, 1.807) is 24.2 Å². The van der Waals surface area contributed by atoms with Crippen LogP contribution in [-0.2, 0) is 17.8 Å². The molecule has 18 heavy (non-hydrogen) atoms. The van der Waals surface area contributed by atoms with Gasteiger partial charge in [0, 0.05) is 38.3 Å². The van der Waals surface area contributed by atoms with Crippen LogP contribution in [-0.4, -0.2) is 44.3 Å². The van der Waals surface area contributed by atoms with Crippen molar-refractivity contribution in [2.24, 2.45) is 0 Å². The van der Waals surface area contributed by atoms with E-state index in [0.29, 0.717) is 6.61 Å². The molecule has 98 valence electrons. The minimum atomic E-state index is 0.225. The van der Waals surface area contributed by atoms with E-state index in [9.17, 15) is 0 Å². The van der Waals surface area contributed by atoms with Gasteiger partial charge in [0.05, 0.1) is 19.3 Å². The molecule has 0 bridgehead atoms. The molecule has 0 radical (unpaired) electrons. The topological polar surface area (TPSA) is 69.8 Å². The molecule has 7 heteroatoms. The number of aromatic nitrogens is 5. The van der Waals surface area contributed by atoms with Crippen molar-refractivity contribution in [3.05, 3.63) is 24.8 Å². The lowest BCUT2D eigenvalue weighted by molar-refractivity contribution is 0.190. The summed E-state index contributed by atoms with van der Waals surface area (Å²) in [5, 5.41) is 11.0. The molecule has 0 saturated heterocycles. The summed E-state index contributed by atoms with van der Waals surface area (Å²) >= 11 is 0. The zero-order valence-electron chi connectivity index (χ0n) is 10.7. The van der Waals surface area contributed by atoms with E-state index in [0.717, 1.165) is 19.0 Å². The largest absolute Gasteiger partial charge is 0.383 e. The summed E-state index contributed by atoms with van der Waals surface area (Å²) in [4.78, 5) is 4.29. The second kappa shape index (κ2) is 6.15. The van der Waals surface area contributed by atoms with Gasteiger partial charge in [-0.05, 0) is 6.92 Å². The van der Waals surface area contributed by atoms with E-state index in [-0.39, 0.29) is 6.04 Å². The lowest BCUT2D eigenvalue weighted by atomic mass is 10.4. The average molecular weight is 250 g/mol. The fourth-order valence-electron chi connectivity index (χ4n) is 1.70. The molecule has 2 heterocycles. The number of methoxy groups -OCH3 is 1. The lowest BCUT2D eigenvalue weighted by Gasteiger charge is -2.15. The van der Waals surface area contributed by atoms with Gasteiger partial charge >= 0.3 is 0 Å². The number of ether oxygens (including phenoxy) is 1. The summed E-state index contributed by atoms with van der Waals surface area (Å²) in [7, 11) is 1.69. The van der Waals surface area contributed by atoms with Crippen molar-refractivity contribution in [1.82, 2.24) is 24.5 Å². The number of hydrogen-bond donors (Lipinski definition) is 1. The van der Waals surface area contributed by atoms with Crippen LogP contribution in [0, 0.1) is 0 Å². The minimum absolute atomic E-state index is 0.225. The molecule has 0 aliphatic rings. The molecule has 0 aliphatic heterocycles. The molecule has 0 amide bonds. The Morgan fingerprint density at radius 2 is 2.22 bits per heavy atom. The van der Waals surface area contributed by atoms with Gasteiger partial charge in [-0.3, -0.25) is 4.68 Å². The first-order chi connectivity index (χ1) is 8.79. The highest BCUT2D eigenvalue weighted by Crippen LogP contribution is 2.06. The predicted octanol–water partition coefficient (Wildman–Crippen LogP) is 0.622. The second-order valence-electron chi connectivity index (χ2n) is 4.11. The fourth-order valence-corrected chi connectivity index (χ4v) is 1.70. The molecule has 1 atom stereocenters. The van der Waals surface area contributed by atoms with Crippen molar-refractivity contribution in [1.29, 1.82) is 0 Å². The molecule has 1 unspecified atom stereocenters. The van der Waals surface area contributed by atoms with Crippen LogP contribution in [0.3, 0.4) is 0 Å². The van der Waals surface area contributed by atoms with Crippen LogP contribution >= 0.6 is 0 Å². The van der Waals surface area contributed by atoms with Crippen LogP contribution in [0.15, 0.2) is 24.8 Å². The van der Waals surface area contributed by atoms with E-state index in [1.165, 1.54) is 0 Å². The molecule has 0 aromatic carbocycles. The molecular weight excluding hydrogens is 232 g/mol. The highest BCUT2D eigenvalue weighted by molar-refractivity contribution is 5.27.